The Kier molecular flexibility index (Phi) is 6.60. The maximum Gasteiger partial charge on any atom is 0.225 e. The van der Waals surface area contributed by atoms with E-state index in [0.29, 0.717) is 42.7 Å². The van der Waals surface area contributed by atoms with E-state index in [-0.39, 0.29) is 0 Å². The Morgan fingerprint density at radius 3 is 2.61 bits per heavy atom. The van der Waals surface area contributed by atoms with Crippen molar-refractivity contribution in [2.45, 2.75) is 33.7 Å². The molecule has 0 unspecified atom stereocenters. The van der Waals surface area contributed by atoms with E-state index in [1.54, 1.807) is 24.4 Å². The zero-order valence-electron chi connectivity index (χ0n) is 18.9. The van der Waals surface area contributed by atoms with E-state index in [9.17, 15) is 0 Å². The molecule has 0 atom stereocenters. The van der Waals surface area contributed by atoms with E-state index in [0.717, 1.165) is 16.8 Å². The predicted molar refractivity (Wildman–Crippen MR) is 125 cm³/mol. The third-order valence-corrected chi connectivity index (χ3v) is 5.27. The number of anilines is 1. The van der Waals surface area contributed by atoms with Gasteiger partial charge in [0.15, 0.2) is 0 Å². The molecule has 0 bridgehead atoms. The van der Waals surface area contributed by atoms with Gasteiger partial charge in [-0.05, 0) is 55.2 Å². The quantitative estimate of drug-likeness (QED) is 0.435. The zero-order chi connectivity index (χ0) is 23.2. The molecule has 2 aromatic carbocycles. The first-order valence-corrected chi connectivity index (χ1v) is 10.7. The average molecular weight is 440 g/mol. The second-order valence-corrected chi connectivity index (χ2v) is 7.88. The molecule has 0 fully saturated rings. The normalized spacial score (nSPS) is 10.6. The first kappa shape index (κ1) is 22.0. The van der Waals surface area contributed by atoms with E-state index >= 15 is 0 Å². The molecule has 0 saturated carbocycles. The van der Waals surface area contributed by atoms with E-state index in [4.69, 9.17) is 10.00 Å². The highest BCUT2D eigenvalue weighted by molar-refractivity contribution is 5.48. The molecule has 1 N–H and O–H groups in total. The van der Waals surface area contributed by atoms with E-state index in [2.05, 4.69) is 50.7 Å². The van der Waals surface area contributed by atoms with Gasteiger partial charge in [0.25, 0.3) is 0 Å². The lowest BCUT2D eigenvalue weighted by Gasteiger charge is -2.12. The number of benzene rings is 2. The number of aryl methyl sites for hydroxylation is 3. The van der Waals surface area contributed by atoms with Crippen LogP contribution in [0.1, 0.15) is 33.5 Å². The van der Waals surface area contributed by atoms with Crippen LogP contribution in [-0.4, -0.2) is 31.5 Å². The summed E-state index contributed by atoms with van der Waals surface area (Å²) in [5.41, 5.74) is 5.74. The number of rotatable bonds is 8. The van der Waals surface area contributed by atoms with Crippen molar-refractivity contribution in [2.24, 2.45) is 0 Å². The second kappa shape index (κ2) is 9.92. The topological polar surface area (TPSA) is 102 Å². The van der Waals surface area contributed by atoms with Gasteiger partial charge < -0.3 is 10.1 Å². The highest BCUT2D eigenvalue weighted by Gasteiger charge is 2.10. The molecule has 2 heterocycles. The van der Waals surface area contributed by atoms with E-state index < -0.39 is 0 Å². The molecule has 0 spiro atoms. The molecule has 8 nitrogen and oxygen atoms in total. The fourth-order valence-electron chi connectivity index (χ4n) is 3.56. The van der Waals surface area contributed by atoms with Crippen LogP contribution in [0.25, 0.3) is 0 Å². The summed E-state index contributed by atoms with van der Waals surface area (Å²) in [6.07, 6.45) is 4.30. The van der Waals surface area contributed by atoms with Gasteiger partial charge in [-0.3, -0.25) is 0 Å². The molecule has 8 heteroatoms. The van der Waals surface area contributed by atoms with Crippen molar-refractivity contribution >= 4 is 5.95 Å². The highest BCUT2D eigenvalue weighted by atomic mass is 16.5. The zero-order valence-corrected chi connectivity index (χ0v) is 18.9. The van der Waals surface area contributed by atoms with Gasteiger partial charge >= 0.3 is 0 Å². The fraction of sp³-hybridized carbons (Fsp3) is 0.240. The van der Waals surface area contributed by atoms with Crippen LogP contribution in [0.3, 0.4) is 0 Å². The van der Waals surface area contributed by atoms with Crippen LogP contribution >= 0.6 is 0 Å². The summed E-state index contributed by atoms with van der Waals surface area (Å²) in [5, 5.41) is 20.8. The molecule has 4 aromatic rings. The van der Waals surface area contributed by atoms with Crippen LogP contribution < -0.4 is 10.1 Å². The summed E-state index contributed by atoms with van der Waals surface area (Å²) in [4.78, 5) is 8.71. The highest BCUT2D eigenvalue weighted by Crippen LogP contribution is 2.29. The molecule has 0 saturated heterocycles. The second-order valence-electron chi connectivity index (χ2n) is 7.88. The van der Waals surface area contributed by atoms with Crippen LogP contribution in [0, 0.1) is 32.1 Å². The smallest absolute Gasteiger partial charge is 0.225 e. The number of nitriles is 1. The lowest BCUT2D eigenvalue weighted by Crippen LogP contribution is -2.08. The van der Waals surface area contributed by atoms with Crippen molar-refractivity contribution in [3.8, 4) is 17.7 Å². The largest absolute Gasteiger partial charge is 0.438 e. The van der Waals surface area contributed by atoms with Crippen molar-refractivity contribution in [2.75, 3.05) is 11.9 Å². The first-order chi connectivity index (χ1) is 16.0. The van der Waals surface area contributed by atoms with E-state index in [1.165, 1.54) is 11.1 Å². The van der Waals surface area contributed by atoms with Crippen molar-refractivity contribution in [1.29, 1.82) is 5.26 Å². The van der Waals surface area contributed by atoms with Crippen LogP contribution in [0.4, 0.5) is 5.95 Å². The lowest BCUT2D eigenvalue weighted by atomic mass is 10.1. The third-order valence-electron chi connectivity index (χ3n) is 5.27. The number of aromatic nitrogens is 5. The minimum absolute atomic E-state index is 0.438. The molecule has 2 aromatic heterocycles. The van der Waals surface area contributed by atoms with Crippen molar-refractivity contribution < 1.29 is 4.74 Å². The number of hydrogen-bond donors (Lipinski definition) is 1. The maximum absolute atomic E-state index is 9.12. The van der Waals surface area contributed by atoms with Crippen LogP contribution in [0.15, 0.2) is 54.9 Å². The summed E-state index contributed by atoms with van der Waals surface area (Å²) in [7, 11) is 0. The Morgan fingerprint density at radius 2 is 1.85 bits per heavy atom. The monoisotopic (exact) mass is 439 g/mol. The van der Waals surface area contributed by atoms with Crippen LogP contribution in [0.5, 0.6) is 11.6 Å². The summed E-state index contributed by atoms with van der Waals surface area (Å²) >= 11 is 0. The number of ether oxygens (including phenoxy) is 1. The molecule has 4 rings (SSSR count). The van der Waals surface area contributed by atoms with Gasteiger partial charge in [0.1, 0.15) is 5.75 Å². The molecular formula is C25H25N7O. The Balaban J connectivity index is 1.34. The standard InChI is InChI=1S/C25H25N7O/c1-17-6-4-5-7-21(17)15-32-16-22(30-31-32)8-10-27-25-28-11-9-23(29-25)33-24-18(2)12-20(14-26)13-19(24)3/h4-7,9,11-13,16H,8,10,15H2,1-3H3,(H,27,28,29). The Morgan fingerprint density at radius 1 is 1.06 bits per heavy atom. The average Bonchev–Trinajstić information content (AvgIpc) is 3.25. The van der Waals surface area contributed by atoms with Gasteiger partial charge in [-0.15, -0.1) is 5.10 Å². The number of nitrogens with zero attached hydrogens (tertiary/aromatic N) is 6. The van der Waals surface area contributed by atoms with E-state index in [1.807, 2.05) is 36.9 Å². The van der Waals surface area contributed by atoms with Gasteiger partial charge in [0.2, 0.25) is 11.8 Å². The van der Waals surface area contributed by atoms with Gasteiger partial charge in [0, 0.05) is 31.4 Å². The molecule has 0 aliphatic heterocycles. The summed E-state index contributed by atoms with van der Waals surface area (Å²) in [5.74, 6) is 1.61. The maximum atomic E-state index is 9.12. The Bertz CT molecular complexity index is 1280. The van der Waals surface area contributed by atoms with Gasteiger partial charge in [0.05, 0.1) is 23.9 Å². The van der Waals surface area contributed by atoms with Crippen molar-refractivity contribution in [3.05, 3.63) is 88.4 Å². The lowest BCUT2D eigenvalue weighted by molar-refractivity contribution is 0.455. The first-order valence-electron chi connectivity index (χ1n) is 10.7. The molecule has 0 aliphatic carbocycles. The molecule has 0 radical (unpaired) electrons. The minimum atomic E-state index is 0.438. The predicted octanol–water partition coefficient (Wildman–Crippen LogP) is 4.36. The van der Waals surface area contributed by atoms with Crippen LogP contribution in [-0.2, 0) is 13.0 Å². The third kappa shape index (κ3) is 5.52. The van der Waals surface area contributed by atoms with Crippen molar-refractivity contribution in [3.63, 3.8) is 0 Å². The Labute approximate surface area is 192 Å². The van der Waals surface area contributed by atoms with Gasteiger partial charge in [-0.1, -0.05) is 29.5 Å². The number of nitrogens with one attached hydrogen (secondary N) is 1. The summed E-state index contributed by atoms with van der Waals surface area (Å²) in [6, 6.07) is 15.7. The summed E-state index contributed by atoms with van der Waals surface area (Å²) in [6.45, 7) is 7.23. The number of hydrogen-bond acceptors (Lipinski definition) is 7. The van der Waals surface area contributed by atoms with Crippen molar-refractivity contribution in [1.82, 2.24) is 25.0 Å². The van der Waals surface area contributed by atoms with Gasteiger partial charge in [-0.25, -0.2) is 9.67 Å². The molecule has 166 valence electrons. The summed E-state index contributed by atoms with van der Waals surface area (Å²) < 4.78 is 7.84. The fourth-order valence-corrected chi connectivity index (χ4v) is 3.56. The van der Waals surface area contributed by atoms with Crippen LogP contribution in [0.2, 0.25) is 0 Å². The Hall–Kier alpha value is -4.25. The molecular weight excluding hydrogens is 414 g/mol. The molecule has 33 heavy (non-hydrogen) atoms. The SMILES string of the molecule is Cc1ccccc1Cn1cc(CCNc2nccc(Oc3c(C)cc(C#N)cc3C)n2)nn1. The molecule has 0 aliphatic rings. The minimum Gasteiger partial charge on any atom is -0.438 e. The molecule has 0 amide bonds. The van der Waals surface area contributed by atoms with Gasteiger partial charge in [-0.2, -0.15) is 10.2 Å².